The van der Waals surface area contributed by atoms with Gasteiger partial charge in [0.2, 0.25) is 0 Å². The van der Waals surface area contributed by atoms with Crippen LogP contribution >= 0.6 is 11.3 Å². The molecule has 0 spiro atoms. The Labute approximate surface area is 115 Å². The van der Waals surface area contributed by atoms with Crippen LogP contribution in [0.3, 0.4) is 0 Å². The molecule has 0 radical (unpaired) electrons. The molecule has 0 saturated carbocycles. The number of esters is 1. The maximum absolute atomic E-state index is 11.3. The topological polar surface area (TPSA) is 55.3 Å². The SMILES string of the molecule is COC(=O)c1cnc(N(C)C(C)c2cccs2)cn1. The van der Waals surface area contributed by atoms with Gasteiger partial charge < -0.3 is 9.64 Å². The van der Waals surface area contributed by atoms with Crippen molar-refractivity contribution in [3.8, 4) is 0 Å². The minimum atomic E-state index is -0.479. The Kier molecular flexibility index (Phi) is 4.11. The number of carbonyl (C=O) groups is 1. The fourth-order valence-corrected chi connectivity index (χ4v) is 2.46. The molecule has 0 saturated heterocycles. The third-order valence-corrected chi connectivity index (χ3v) is 3.97. The predicted molar refractivity (Wildman–Crippen MR) is 74.5 cm³/mol. The van der Waals surface area contributed by atoms with Crippen molar-refractivity contribution in [1.29, 1.82) is 0 Å². The minimum Gasteiger partial charge on any atom is -0.464 e. The molecule has 0 aliphatic rings. The van der Waals surface area contributed by atoms with Crippen LogP contribution < -0.4 is 4.90 Å². The number of thiophene rings is 1. The van der Waals surface area contributed by atoms with Gasteiger partial charge in [-0.3, -0.25) is 0 Å². The van der Waals surface area contributed by atoms with Gasteiger partial charge in [0.05, 0.1) is 25.5 Å². The summed E-state index contributed by atoms with van der Waals surface area (Å²) in [7, 11) is 3.27. The molecule has 2 aromatic heterocycles. The van der Waals surface area contributed by atoms with E-state index in [0.717, 1.165) is 0 Å². The van der Waals surface area contributed by atoms with E-state index in [2.05, 4.69) is 27.7 Å². The van der Waals surface area contributed by atoms with Gasteiger partial charge in [0.25, 0.3) is 0 Å². The lowest BCUT2D eigenvalue weighted by molar-refractivity contribution is 0.0593. The van der Waals surface area contributed by atoms with Crippen molar-refractivity contribution in [3.05, 3.63) is 40.5 Å². The molecule has 0 aromatic carbocycles. The van der Waals surface area contributed by atoms with Crippen LogP contribution in [0.1, 0.15) is 28.3 Å². The Balaban J connectivity index is 2.15. The van der Waals surface area contributed by atoms with E-state index in [1.54, 1.807) is 17.5 Å². The third-order valence-electron chi connectivity index (χ3n) is 2.93. The fraction of sp³-hybridized carbons (Fsp3) is 0.308. The molecule has 2 heterocycles. The zero-order valence-electron chi connectivity index (χ0n) is 11.0. The van der Waals surface area contributed by atoms with Gasteiger partial charge in [-0.1, -0.05) is 6.07 Å². The molecular formula is C13H15N3O2S. The molecule has 5 nitrogen and oxygen atoms in total. The van der Waals surface area contributed by atoms with Crippen molar-refractivity contribution in [2.75, 3.05) is 19.1 Å². The Morgan fingerprint density at radius 1 is 1.42 bits per heavy atom. The summed E-state index contributed by atoms with van der Waals surface area (Å²) in [5.74, 6) is 0.238. The van der Waals surface area contributed by atoms with E-state index < -0.39 is 5.97 Å². The number of rotatable bonds is 4. The summed E-state index contributed by atoms with van der Waals surface area (Å²) in [4.78, 5) is 22.8. The average molecular weight is 277 g/mol. The molecule has 2 rings (SSSR count). The van der Waals surface area contributed by atoms with Gasteiger partial charge in [0.15, 0.2) is 5.69 Å². The molecule has 1 atom stereocenters. The molecule has 19 heavy (non-hydrogen) atoms. The number of anilines is 1. The summed E-state index contributed by atoms with van der Waals surface area (Å²) < 4.78 is 4.59. The molecular weight excluding hydrogens is 262 g/mol. The van der Waals surface area contributed by atoms with Crippen LogP contribution in [0.5, 0.6) is 0 Å². The average Bonchev–Trinajstić information content (AvgIpc) is 2.99. The van der Waals surface area contributed by atoms with Crippen LogP contribution in [-0.4, -0.2) is 30.1 Å². The highest BCUT2D eigenvalue weighted by Crippen LogP contribution is 2.26. The van der Waals surface area contributed by atoms with Gasteiger partial charge in [0.1, 0.15) is 5.82 Å². The number of aromatic nitrogens is 2. The van der Waals surface area contributed by atoms with E-state index in [0.29, 0.717) is 5.82 Å². The number of ether oxygens (including phenoxy) is 1. The maximum atomic E-state index is 11.3. The molecule has 1 unspecified atom stereocenters. The van der Waals surface area contributed by atoms with Crippen LogP contribution in [0, 0.1) is 0 Å². The van der Waals surface area contributed by atoms with Crippen molar-refractivity contribution < 1.29 is 9.53 Å². The third kappa shape index (κ3) is 2.90. The lowest BCUT2D eigenvalue weighted by Crippen LogP contribution is -2.22. The van der Waals surface area contributed by atoms with E-state index in [4.69, 9.17) is 0 Å². The van der Waals surface area contributed by atoms with Crippen molar-refractivity contribution in [1.82, 2.24) is 9.97 Å². The summed E-state index contributed by atoms with van der Waals surface area (Å²) in [6.45, 7) is 2.10. The Morgan fingerprint density at radius 2 is 2.21 bits per heavy atom. The van der Waals surface area contributed by atoms with Crippen molar-refractivity contribution in [3.63, 3.8) is 0 Å². The molecule has 0 aliphatic heterocycles. The lowest BCUT2D eigenvalue weighted by Gasteiger charge is -2.24. The van der Waals surface area contributed by atoms with Gasteiger partial charge in [-0.15, -0.1) is 11.3 Å². The summed E-state index contributed by atoms with van der Waals surface area (Å²) in [6, 6.07) is 4.32. The number of carbonyl (C=O) groups excluding carboxylic acids is 1. The number of hydrogen-bond donors (Lipinski definition) is 0. The summed E-state index contributed by atoms with van der Waals surface area (Å²) in [5, 5.41) is 2.05. The predicted octanol–water partition coefficient (Wildman–Crippen LogP) is 2.52. The van der Waals surface area contributed by atoms with E-state index in [-0.39, 0.29) is 11.7 Å². The van der Waals surface area contributed by atoms with E-state index in [1.807, 2.05) is 23.4 Å². The van der Waals surface area contributed by atoms with Crippen LogP contribution in [0.4, 0.5) is 5.82 Å². The summed E-state index contributed by atoms with van der Waals surface area (Å²) in [6.07, 6.45) is 3.01. The molecule has 0 aliphatic carbocycles. The van der Waals surface area contributed by atoms with Gasteiger partial charge in [-0.2, -0.15) is 0 Å². The lowest BCUT2D eigenvalue weighted by atomic mass is 10.2. The first-order valence-corrected chi connectivity index (χ1v) is 6.68. The number of hydrogen-bond acceptors (Lipinski definition) is 6. The fourth-order valence-electron chi connectivity index (χ4n) is 1.63. The molecule has 6 heteroatoms. The quantitative estimate of drug-likeness (QED) is 0.804. The second-order valence-corrected chi connectivity index (χ2v) is 5.03. The largest absolute Gasteiger partial charge is 0.464 e. The highest BCUT2D eigenvalue weighted by Gasteiger charge is 2.15. The van der Waals surface area contributed by atoms with Crippen molar-refractivity contribution in [2.45, 2.75) is 13.0 Å². The van der Waals surface area contributed by atoms with Gasteiger partial charge in [-0.05, 0) is 18.4 Å². The first kappa shape index (κ1) is 13.5. The van der Waals surface area contributed by atoms with Gasteiger partial charge in [0, 0.05) is 11.9 Å². The smallest absolute Gasteiger partial charge is 0.358 e. The van der Waals surface area contributed by atoms with E-state index in [9.17, 15) is 4.79 Å². The van der Waals surface area contributed by atoms with Crippen molar-refractivity contribution >= 4 is 23.1 Å². The second kappa shape index (κ2) is 5.79. The summed E-state index contributed by atoms with van der Waals surface area (Å²) in [5.41, 5.74) is 0.212. The Hall–Kier alpha value is -1.95. The molecule has 2 aromatic rings. The second-order valence-electron chi connectivity index (χ2n) is 4.05. The minimum absolute atomic E-state index is 0.207. The number of methoxy groups -OCH3 is 1. The highest BCUT2D eigenvalue weighted by atomic mass is 32.1. The highest BCUT2D eigenvalue weighted by molar-refractivity contribution is 7.10. The van der Waals surface area contributed by atoms with Crippen LogP contribution in [0.15, 0.2) is 29.9 Å². The van der Waals surface area contributed by atoms with Crippen molar-refractivity contribution in [2.24, 2.45) is 0 Å². The Bertz CT molecular complexity index is 540. The van der Waals surface area contributed by atoms with E-state index >= 15 is 0 Å². The first-order valence-electron chi connectivity index (χ1n) is 5.80. The molecule has 0 N–H and O–H groups in total. The maximum Gasteiger partial charge on any atom is 0.358 e. The standard InChI is InChI=1S/C13H15N3O2S/c1-9(11-5-4-6-19-11)16(2)12-8-14-10(7-15-12)13(17)18-3/h4-9H,1-3H3. The molecule has 0 amide bonds. The first-order chi connectivity index (χ1) is 9.13. The molecule has 0 fully saturated rings. The zero-order valence-corrected chi connectivity index (χ0v) is 11.8. The molecule has 0 bridgehead atoms. The molecule has 100 valence electrons. The van der Waals surface area contributed by atoms with Crippen LogP contribution in [0.2, 0.25) is 0 Å². The van der Waals surface area contributed by atoms with Gasteiger partial charge >= 0.3 is 5.97 Å². The monoisotopic (exact) mass is 277 g/mol. The summed E-state index contributed by atoms with van der Waals surface area (Å²) >= 11 is 1.70. The van der Waals surface area contributed by atoms with Gasteiger partial charge in [-0.25, -0.2) is 14.8 Å². The zero-order chi connectivity index (χ0) is 13.8. The normalized spacial score (nSPS) is 11.9. The van der Waals surface area contributed by atoms with Crippen LogP contribution in [-0.2, 0) is 4.74 Å². The number of nitrogens with zero attached hydrogens (tertiary/aromatic N) is 3. The van der Waals surface area contributed by atoms with Crippen LogP contribution in [0.25, 0.3) is 0 Å². The Morgan fingerprint density at radius 3 is 2.74 bits per heavy atom. The van der Waals surface area contributed by atoms with E-state index in [1.165, 1.54) is 18.2 Å².